The van der Waals surface area contributed by atoms with Gasteiger partial charge in [-0.3, -0.25) is 0 Å². The van der Waals surface area contributed by atoms with Gasteiger partial charge < -0.3 is 5.32 Å². The van der Waals surface area contributed by atoms with E-state index in [2.05, 4.69) is 12.4 Å². The van der Waals surface area contributed by atoms with Gasteiger partial charge in [-0.2, -0.15) is 0 Å². The molecule has 0 aliphatic heterocycles. The van der Waals surface area contributed by atoms with Crippen LogP contribution in [0.25, 0.3) is 0 Å². The van der Waals surface area contributed by atoms with Crippen molar-refractivity contribution in [3.8, 4) is 0 Å². The quantitative estimate of drug-likeness (QED) is 0.645. The number of hydrogen-bond acceptors (Lipinski definition) is 1. The SMILES string of the molecule is CNC1CCCC2CCC21.Cl. The van der Waals surface area contributed by atoms with Crippen molar-refractivity contribution in [1.82, 2.24) is 5.32 Å². The van der Waals surface area contributed by atoms with Crippen LogP contribution in [0.1, 0.15) is 32.1 Å². The molecule has 11 heavy (non-hydrogen) atoms. The van der Waals surface area contributed by atoms with Crippen molar-refractivity contribution in [3.05, 3.63) is 0 Å². The molecule has 2 heteroatoms. The minimum Gasteiger partial charge on any atom is -0.317 e. The Balaban J connectivity index is 0.000000605. The van der Waals surface area contributed by atoms with Crippen molar-refractivity contribution in [1.29, 1.82) is 0 Å². The van der Waals surface area contributed by atoms with Crippen molar-refractivity contribution >= 4 is 12.4 Å². The summed E-state index contributed by atoms with van der Waals surface area (Å²) in [7, 11) is 2.12. The van der Waals surface area contributed by atoms with Crippen LogP contribution < -0.4 is 5.32 Å². The van der Waals surface area contributed by atoms with Gasteiger partial charge in [0.1, 0.15) is 0 Å². The average molecular weight is 176 g/mol. The summed E-state index contributed by atoms with van der Waals surface area (Å²) in [5.74, 6) is 2.16. The average Bonchev–Trinajstić information content (AvgIpc) is 1.91. The number of hydrogen-bond donors (Lipinski definition) is 1. The molecule has 1 N–H and O–H groups in total. The first-order chi connectivity index (χ1) is 4.92. The number of halogens is 1. The monoisotopic (exact) mass is 175 g/mol. The molecule has 0 aromatic rings. The highest BCUT2D eigenvalue weighted by Gasteiger charge is 2.38. The van der Waals surface area contributed by atoms with Gasteiger partial charge in [0.25, 0.3) is 0 Å². The molecule has 3 atom stereocenters. The molecule has 0 saturated heterocycles. The van der Waals surface area contributed by atoms with Crippen molar-refractivity contribution in [2.75, 3.05) is 7.05 Å². The lowest BCUT2D eigenvalue weighted by molar-refractivity contribution is 0.0788. The van der Waals surface area contributed by atoms with Gasteiger partial charge in [0.2, 0.25) is 0 Å². The fourth-order valence-corrected chi connectivity index (χ4v) is 2.66. The van der Waals surface area contributed by atoms with Gasteiger partial charge >= 0.3 is 0 Å². The van der Waals surface area contributed by atoms with Crippen LogP contribution in [-0.4, -0.2) is 13.1 Å². The Kier molecular flexibility index (Phi) is 3.20. The Labute approximate surface area is 75.4 Å². The van der Waals surface area contributed by atoms with Gasteiger partial charge in [0.05, 0.1) is 0 Å². The molecule has 2 saturated carbocycles. The lowest BCUT2D eigenvalue weighted by atomic mass is 9.63. The summed E-state index contributed by atoms with van der Waals surface area (Å²) in [6, 6.07) is 0.868. The summed E-state index contributed by atoms with van der Waals surface area (Å²) in [4.78, 5) is 0. The van der Waals surface area contributed by atoms with Gasteiger partial charge in [-0.25, -0.2) is 0 Å². The number of fused-ring (bicyclic) bond motifs is 1. The lowest BCUT2D eigenvalue weighted by Gasteiger charge is -2.46. The smallest absolute Gasteiger partial charge is 0.00949 e. The Morgan fingerprint density at radius 1 is 1.09 bits per heavy atom. The molecule has 2 aliphatic rings. The van der Waals surface area contributed by atoms with Crippen LogP contribution in [-0.2, 0) is 0 Å². The third-order valence-electron chi connectivity index (χ3n) is 3.45. The second-order valence-corrected chi connectivity index (χ2v) is 3.83. The topological polar surface area (TPSA) is 12.0 Å². The summed E-state index contributed by atoms with van der Waals surface area (Å²) in [5, 5.41) is 3.44. The third-order valence-corrected chi connectivity index (χ3v) is 3.45. The van der Waals surface area contributed by atoms with E-state index in [9.17, 15) is 0 Å². The summed E-state index contributed by atoms with van der Waals surface area (Å²) in [6.45, 7) is 0. The lowest BCUT2D eigenvalue weighted by Crippen LogP contribution is -2.46. The molecule has 0 aromatic carbocycles. The largest absolute Gasteiger partial charge is 0.317 e. The zero-order chi connectivity index (χ0) is 6.97. The minimum absolute atomic E-state index is 0. The van der Waals surface area contributed by atoms with Crippen LogP contribution in [0.5, 0.6) is 0 Å². The van der Waals surface area contributed by atoms with E-state index in [-0.39, 0.29) is 12.4 Å². The fraction of sp³-hybridized carbons (Fsp3) is 1.00. The molecule has 0 spiro atoms. The van der Waals surface area contributed by atoms with Crippen LogP contribution in [0.4, 0.5) is 0 Å². The van der Waals surface area contributed by atoms with E-state index in [4.69, 9.17) is 0 Å². The second kappa shape index (κ2) is 3.77. The molecular formula is C9H18ClN. The van der Waals surface area contributed by atoms with Crippen molar-refractivity contribution in [2.24, 2.45) is 11.8 Å². The van der Waals surface area contributed by atoms with Gasteiger partial charge in [-0.15, -0.1) is 12.4 Å². The summed E-state index contributed by atoms with van der Waals surface area (Å²) in [6.07, 6.45) is 7.42. The Bertz CT molecular complexity index is 125. The minimum atomic E-state index is 0. The highest BCUT2D eigenvalue weighted by atomic mass is 35.5. The van der Waals surface area contributed by atoms with Gasteiger partial charge in [0, 0.05) is 6.04 Å². The van der Waals surface area contributed by atoms with Gasteiger partial charge in [0.15, 0.2) is 0 Å². The van der Waals surface area contributed by atoms with Crippen molar-refractivity contribution < 1.29 is 0 Å². The Morgan fingerprint density at radius 3 is 2.36 bits per heavy atom. The standard InChI is InChI=1S/C9H17N.ClH/c1-10-9-4-2-3-7-5-6-8(7)9;/h7-10H,2-6H2,1H3;1H. The molecule has 0 radical (unpaired) electrons. The van der Waals surface area contributed by atoms with Crippen LogP contribution in [0.3, 0.4) is 0 Å². The number of nitrogens with one attached hydrogen (secondary N) is 1. The first-order valence-corrected chi connectivity index (χ1v) is 4.59. The van der Waals surface area contributed by atoms with Gasteiger partial charge in [-0.1, -0.05) is 12.8 Å². The van der Waals surface area contributed by atoms with E-state index in [1.54, 1.807) is 0 Å². The maximum Gasteiger partial charge on any atom is 0.00949 e. The van der Waals surface area contributed by atoms with E-state index < -0.39 is 0 Å². The highest BCUT2D eigenvalue weighted by Crippen LogP contribution is 2.44. The molecule has 0 bridgehead atoms. The van der Waals surface area contributed by atoms with E-state index in [1.165, 1.54) is 32.1 Å². The maximum atomic E-state index is 3.44. The molecule has 66 valence electrons. The zero-order valence-corrected chi connectivity index (χ0v) is 7.99. The Morgan fingerprint density at radius 2 is 1.91 bits per heavy atom. The zero-order valence-electron chi connectivity index (χ0n) is 7.18. The molecule has 1 nitrogen and oxygen atoms in total. The molecule has 0 amide bonds. The maximum absolute atomic E-state index is 3.44. The predicted octanol–water partition coefficient (Wildman–Crippen LogP) is 2.21. The van der Waals surface area contributed by atoms with Gasteiger partial charge in [-0.05, 0) is 38.1 Å². The van der Waals surface area contributed by atoms with Crippen LogP contribution in [0.2, 0.25) is 0 Å². The van der Waals surface area contributed by atoms with Crippen LogP contribution >= 0.6 is 12.4 Å². The summed E-state index contributed by atoms with van der Waals surface area (Å²) in [5.41, 5.74) is 0. The van der Waals surface area contributed by atoms with E-state index in [0.717, 1.165) is 17.9 Å². The van der Waals surface area contributed by atoms with E-state index >= 15 is 0 Å². The van der Waals surface area contributed by atoms with Crippen LogP contribution in [0, 0.1) is 11.8 Å². The molecule has 0 aromatic heterocycles. The summed E-state index contributed by atoms with van der Waals surface area (Å²) < 4.78 is 0. The van der Waals surface area contributed by atoms with Crippen molar-refractivity contribution in [3.63, 3.8) is 0 Å². The molecule has 3 unspecified atom stereocenters. The predicted molar refractivity (Wildman–Crippen MR) is 50.2 cm³/mol. The molecule has 0 heterocycles. The highest BCUT2D eigenvalue weighted by molar-refractivity contribution is 5.85. The molecular weight excluding hydrogens is 158 g/mol. The molecule has 2 rings (SSSR count). The van der Waals surface area contributed by atoms with Crippen molar-refractivity contribution in [2.45, 2.75) is 38.1 Å². The first-order valence-electron chi connectivity index (χ1n) is 4.59. The first kappa shape index (κ1) is 9.34. The van der Waals surface area contributed by atoms with Crippen LogP contribution in [0.15, 0.2) is 0 Å². The molecule has 2 fully saturated rings. The second-order valence-electron chi connectivity index (χ2n) is 3.83. The van der Waals surface area contributed by atoms with E-state index in [1.807, 2.05) is 0 Å². The fourth-order valence-electron chi connectivity index (χ4n) is 2.66. The summed E-state index contributed by atoms with van der Waals surface area (Å²) >= 11 is 0. The normalized spacial score (nSPS) is 41.7. The third kappa shape index (κ3) is 1.54. The van der Waals surface area contributed by atoms with E-state index in [0.29, 0.717) is 0 Å². The molecule has 2 aliphatic carbocycles. The Hall–Kier alpha value is 0.250. The number of rotatable bonds is 1.